The second-order valence-electron chi connectivity index (χ2n) is 12.1. The summed E-state index contributed by atoms with van der Waals surface area (Å²) in [5.74, 6) is -1.38. The van der Waals surface area contributed by atoms with Gasteiger partial charge in [-0.15, -0.1) is 6.58 Å². The van der Waals surface area contributed by atoms with Crippen LogP contribution < -0.4 is 16.0 Å². The number of aliphatic hydroxyl groups is 1. The van der Waals surface area contributed by atoms with Crippen LogP contribution in [0.1, 0.15) is 69.0 Å². The van der Waals surface area contributed by atoms with Crippen LogP contribution in [0.5, 0.6) is 0 Å². The van der Waals surface area contributed by atoms with Crippen molar-refractivity contribution in [1.82, 2.24) is 20.9 Å². The van der Waals surface area contributed by atoms with E-state index < -0.39 is 17.2 Å². The molecular weight excluding hydrogens is 544 g/mol. The van der Waals surface area contributed by atoms with E-state index in [0.717, 1.165) is 56.4 Å². The highest BCUT2D eigenvalue weighted by Crippen LogP contribution is 2.51. The zero-order valence-electron chi connectivity index (χ0n) is 25.0. The van der Waals surface area contributed by atoms with Crippen molar-refractivity contribution >= 4 is 30.2 Å². The molecule has 4 atom stereocenters. The highest BCUT2D eigenvalue weighted by atomic mass is 16.6. The van der Waals surface area contributed by atoms with Crippen LogP contribution in [0, 0.1) is 18.8 Å². The quantitative estimate of drug-likeness (QED) is 0.213. The van der Waals surface area contributed by atoms with E-state index in [1.54, 1.807) is 13.0 Å². The minimum absolute atomic E-state index is 0.0210. The first-order chi connectivity index (χ1) is 20.4. The van der Waals surface area contributed by atoms with E-state index in [2.05, 4.69) is 60.1 Å². The fourth-order valence-corrected chi connectivity index (χ4v) is 7.02. The number of allylic oxidation sites excluding steroid dienone is 4. The lowest BCUT2D eigenvalue weighted by Crippen LogP contribution is -2.49. The molecule has 5 aliphatic heterocycles. The maximum atomic E-state index is 12.6. The summed E-state index contributed by atoms with van der Waals surface area (Å²) in [6.45, 7) is 16.0. The first-order valence-electron chi connectivity index (χ1n) is 14.7. The van der Waals surface area contributed by atoms with Crippen LogP contribution in [0.3, 0.4) is 0 Å². The van der Waals surface area contributed by atoms with Crippen LogP contribution in [0.15, 0.2) is 76.7 Å². The highest BCUT2D eigenvalue weighted by Gasteiger charge is 2.63. The molecule has 5 aliphatic rings. The Labute approximate surface area is 251 Å². The second kappa shape index (κ2) is 10.1. The van der Waals surface area contributed by atoms with E-state index in [-0.39, 0.29) is 30.6 Å². The fourth-order valence-electron chi connectivity index (χ4n) is 7.02. The number of carbonyl (C=O) groups excluding carboxylic acids is 1. The van der Waals surface area contributed by atoms with Gasteiger partial charge in [-0.1, -0.05) is 25.7 Å². The molecule has 8 bridgehead atoms. The number of ether oxygens (including phenoxy) is 1. The van der Waals surface area contributed by atoms with Gasteiger partial charge in [0.05, 0.1) is 11.4 Å². The minimum Gasteiger partial charge on any atom is -0.481 e. The van der Waals surface area contributed by atoms with Crippen molar-refractivity contribution in [3.8, 4) is 0 Å². The fraction of sp³-hybridized carbons (Fsp3) is 0.353. The lowest BCUT2D eigenvalue weighted by molar-refractivity contribution is -0.158. The van der Waals surface area contributed by atoms with E-state index in [9.17, 15) is 19.8 Å². The Kier molecular flexibility index (Phi) is 6.69. The van der Waals surface area contributed by atoms with E-state index in [1.165, 1.54) is 0 Å². The van der Waals surface area contributed by atoms with Crippen molar-refractivity contribution in [3.63, 3.8) is 0 Å². The van der Waals surface area contributed by atoms with Crippen LogP contribution >= 0.6 is 0 Å². The van der Waals surface area contributed by atoms with Crippen LogP contribution in [0.4, 0.5) is 0 Å². The number of nitrogens with one attached hydrogen (secondary N) is 4. The number of aliphatic carboxylic acids is 1. The molecule has 224 valence electrons. The monoisotopic (exact) mass is 582 g/mol. The van der Waals surface area contributed by atoms with Gasteiger partial charge in [-0.2, -0.15) is 0 Å². The molecule has 2 fully saturated rings. The molecule has 4 unspecified atom stereocenters. The highest BCUT2D eigenvalue weighted by molar-refractivity contribution is 5.77. The van der Waals surface area contributed by atoms with Crippen LogP contribution in [-0.4, -0.2) is 38.3 Å². The van der Waals surface area contributed by atoms with Gasteiger partial charge in [0.2, 0.25) is 0 Å². The third-order valence-corrected chi connectivity index (χ3v) is 9.70. The van der Waals surface area contributed by atoms with Gasteiger partial charge < -0.3 is 35.9 Å². The molecule has 6 rings (SSSR count). The van der Waals surface area contributed by atoms with E-state index in [0.29, 0.717) is 24.2 Å². The number of H-pyrrole nitrogens is 1. The molecule has 0 aromatic carbocycles. The van der Waals surface area contributed by atoms with Crippen molar-refractivity contribution in [2.45, 2.75) is 64.6 Å². The summed E-state index contributed by atoms with van der Waals surface area (Å²) >= 11 is 0. The molecule has 0 amide bonds. The standard InChI is InChI=1S/C34H38N4O5/c1-7-20-17(3)23-13-24-19(5)22(9-10-31(39)40)28(37-24)16-30-34(12-11-32(41)43-34)33(6,42)29(38-30)15-27-21(8-2)18(4)25(36-27)14-26(20)35-23/h7-8,13-16,19-20,35-38,42H,1-2,9-12H2,3-6H3,(H,39,40). The first-order valence-corrected chi connectivity index (χ1v) is 14.7. The normalized spacial score (nSPS) is 29.4. The summed E-state index contributed by atoms with van der Waals surface area (Å²) in [5, 5.41) is 32.2. The molecule has 6 heterocycles. The molecule has 0 radical (unpaired) electrons. The van der Waals surface area contributed by atoms with Crippen molar-refractivity contribution in [2.24, 2.45) is 11.8 Å². The van der Waals surface area contributed by atoms with Gasteiger partial charge in [-0.05, 0) is 68.2 Å². The molecule has 1 aromatic heterocycles. The molecule has 9 heteroatoms. The molecule has 2 saturated heterocycles. The molecular formula is C34H38N4O5. The topological polar surface area (TPSA) is 136 Å². The van der Waals surface area contributed by atoms with Gasteiger partial charge in [0, 0.05) is 70.8 Å². The Morgan fingerprint density at radius 2 is 1.81 bits per heavy atom. The SMILES string of the molecule is C=Cc1c2[nH]c(c1C)C=C1NC(=C(C)C1C=C)C=C1NC(=C(CCC(=O)O)C1C)C=C1NC(=C2)C(C)(O)C12CCC(=O)O2. The average molecular weight is 583 g/mol. The molecule has 0 aliphatic carbocycles. The van der Waals surface area contributed by atoms with Gasteiger partial charge in [0.25, 0.3) is 0 Å². The van der Waals surface area contributed by atoms with Crippen LogP contribution in [0.25, 0.3) is 18.2 Å². The Hall–Kier alpha value is -4.50. The number of hydrogen-bond acceptors (Lipinski definition) is 7. The van der Waals surface area contributed by atoms with Crippen LogP contribution in [0.2, 0.25) is 0 Å². The number of carboxylic acids is 1. The Bertz CT molecular complexity index is 1680. The largest absolute Gasteiger partial charge is 0.481 e. The van der Waals surface area contributed by atoms with Gasteiger partial charge >= 0.3 is 11.9 Å². The summed E-state index contributed by atoms with van der Waals surface area (Å²) in [6.07, 6.45) is 12.4. The molecule has 6 N–H and O–H groups in total. The lowest BCUT2D eigenvalue weighted by atomic mass is 9.80. The number of esters is 1. The van der Waals surface area contributed by atoms with Gasteiger partial charge in [-0.3, -0.25) is 9.59 Å². The maximum Gasteiger partial charge on any atom is 0.307 e. The Morgan fingerprint density at radius 3 is 2.47 bits per heavy atom. The van der Waals surface area contributed by atoms with E-state index >= 15 is 0 Å². The van der Waals surface area contributed by atoms with Crippen molar-refractivity contribution < 1.29 is 24.5 Å². The third-order valence-electron chi connectivity index (χ3n) is 9.70. The third kappa shape index (κ3) is 4.33. The number of carboxylic acid groups (broad SMARTS) is 1. The number of carbonyl (C=O) groups is 2. The molecule has 9 nitrogen and oxygen atoms in total. The smallest absolute Gasteiger partial charge is 0.307 e. The van der Waals surface area contributed by atoms with Gasteiger partial charge in [-0.25, -0.2) is 0 Å². The van der Waals surface area contributed by atoms with E-state index in [4.69, 9.17) is 4.74 Å². The van der Waals surface area contributed by atoms with Gasteiger partial charge in [0.15, 0.2) is 5.60 Å². The number of rotatable bonds is 5. The molecule has 1 spiro atoms. The van der Waals surface area contributed by atoms with Crippen molar-refractivity contribution in [3.05, 3.63) is 99.2 Å². The van der Waals surface area contributed by atoms with Crippen molar-refractivity contribution in [1.29, 1.82) is 0 Å². The second-order valence-corrected chi connectivity index (χ2v) is 12.1. The summed E-state index contributed by atoms with van der Waals surface area (Å²) in [5.41, 5.74) is 7.26. The number of fused-ring (bicyclic) bond motifs is 9. The lowest BCUT2D eigenvalue weighted by Gasteiger charge is -2.34. The zero-order valence-corrected chi connectivity index (χ0v) is 25.0. The molecule has 1 aromatic rings. The minimum atomic E-state index is -1.57. The molecule has 0 saturated carbocycles. The average Bonchev–Trinajstić information content (AvgIpc) is 3.69. The maximum absolute atomic E-state index is 12.6. The summed E-state index contributed by atoms with van der Waals surface area (Å²) in [6, 6.07) is 0. The molecule has 43 heavy (non-hydrogen) atoms. The van der Waals surface area contributed by atoms with Gasteiger partial charge in [0.1, 0.15) is 5.60 Å². The number of hydrogen-bond donors (Lipinski definition) is 6. The van der Waals surface area contributed by atoms with E-state index in [1.807, 2.05) is 25.2 Å². The van der Waals surface area contributed by atoms with Crippen molar-refractivity contribution in [2.75, 3.05) is 0 Å². The first kappa shape index (κ1) is 28.6. The van der Waals surface area contributed by atoms with Crippen LogP contribution in [-0.2, 0) is 14.3 Å². The Balaban J connectivity index is 1.62. The predicted molar refractivity (Wildman–Crippen MR) is 165 cm³/mol. The summed E-state index contributed by atoms with van der Waals surface area (Å²) in [4.78, 5) is 27.7. The number of aromatic amines is 1. The predicted octanol–water partition coefficient (Wildman–Crippen LogP) is 4.90. The Morgan fingerprint density at radius 1 is 1.07 bits per heavy atom. The summed E-state index contributed by atoms with van der Waals surface area (Å²) in [7, 11) is 0. The zero-order chi connectivity index (χ0) is 30.8. The summed E-state index contributed by atoms with van der Waals surface area (Å²) < 4.78 is 5.96. The number of aromatic nitrogens is 1.